The van der Waals surface area contributed by atoms with Crippen LogP contribution >= 0.6 is 0 Å². The van der Waals surface area contributed by atoms with Crippen LogP contribution in [-0.4, -0.2) is 30.2 Å². The van der Waals surface area contributed by atoms with Crippen LogP contribution in [0.5, 0.6) is 0 Å². The molecule has 0 radical (unpaired) electrons. The van der Waals surface area contributed by atoms with E-state index >= 15 is 0 Å². The number of amides is 1. The highest BCUT2D eigenvalue weighted by atomic mass is 16.6. The van der Waals surface area contributed by atoms with Crippen LogP contribution < -0.4 is 21.9 Å². The molecule has 180 valence electrons. The second kappa shape index (κ2) is 10.1. The van der Waals surface area contributed by atoms with Gasteiger partial charge < -0.3 is 5.73 Å². The van der Waals surface area contributed by atoms with E-state index in [4.69, 9.17) is 5.73 Å². The van der Waals surface area contributed by atoms with Gasteiger partial charge in [0.05, 0.1) is 11.5 Å². The Morgan fingerprint density at radius 1 is 1.24 bits per heavy atom. The van der Waals surface area contributed by atoms with Crippen LogP contribution in [-0.2, 0) is 24.4 Å². The normalized spacial score (nSPS) is 10.9. The molecule has 0 atom stereocenters. The smallest absolute Gasteiger partial charge is 0.330 e. The van der Waals surface area contributed by atoms with E-state index in [1.165, 1.54) is 28.0 Å². The Morgan fingerprint density at radius 3 is 2.50 bits per heavy atom. The highest BCUT2D eigenvalue weighted by Crippen LogP contribution is 2.24. The molecule has 2 aromatic heterocycles. The maximum atomic E-state index is 13.5. The van der Waals surface area contributed by atoms with Crippen LogP contribution in [0.2, 0.25) is 0 Å². The van der Waals surface area contributed by atoms with Gasteiger partial charge in [0.1, 0.15) is 23.8 Å². The summed E-state index contributed by atoms with van der Waals surface area (Å²) in [6.45, 7) is 4.86. The average Bonchev–Trinajstić information content (AvgIpc) is 3.06. The zero-order chi connectivity index (χ0) is 25.0. The van der Waals surface area contributed by atoms with Crippen LogP contribution in [0.25, 0.3) is 0 Å². The minimum Gasteiger partial charge on any atom is -0.383 e. The molecule has 0 bridgehead atoms. The summed E-state index contributed by atoms with van der Waals surface area (Å²) in [4.78, 5) is 52.9. The lowest BCUT2D eigenvalue weighted by atomic mass is 10.2. The SMILES string of the molecule is CCCCn1c(N)c(N(Cc2ccccc2)C(=O)Cn2nc(C)c([N+](=O)[O-])c2C)c(=O)[nH]c1=O. The summed E-state index contributed by atoms with van der Waals surface area (Å²) in [5.74, 6) is -0.687. The first-order valence-electron chi connectivity index (χ1n) is 10.8. The summed E-state index contributed by atoms with van der Waals surface area (Å²) >= 11 is 0. The van der Waals surface area contributed by atoms with Crippen molar-refractivity contribution in [2.45, 2.75) is 53.2 Å². The van der Waals surface area contributed by atoms with Crippen molar-refractivity contribution in [1.82, 2.24) is 19.3 Å². The van der Waals surface area contributed by atoms with E-state index < -0.39 is 22.1 Å². The Bertz CT molecular complexity index is 1320. The second-order valence-electron chi connectivity index (χ2n) is 7.90. The van der Waals surface area contributed by atoms with Crippen molar-refractivity contribution in [2.75, 3.05) is 10.6 Å². The molecule has 3 rings (SSSR count). The van der Waals surface area contributed by atoms with Gasteiger partial charge in [-0.1, -0.05) is 43.7 Å². The van der Waals surface area contributed by atoms with E-state index in [9.17, 15) is 24.5 Å². The van der Waals surface area contributed by atoms with Crippen LogP contribution in [0.4, 0.5) is 17.2 Å². The van der Waals surface area contributed by atoms with Crippen molar-refractivity contribution >= 4 is 23.1 Å². The van der Waals surface area contributed by atoms with Gasteiger partial charge in [0.15, 0.2) is 5.69 Å². The van der Waals surface area contributed by atoms with Crippen molar-refractivity contribution in [2.24, 2.45) is 0 Å². The summed E-state index contributed by atoms with van der Waals surface area (Å²) in [6.07, 6.45) is 1.45. The summed E-state index contributed by atoms with van der Waals surface area (Å²) in [5.41, 5.74) is 5.59. The molecular formula is C22H27N7O5. The van der Waals surface area contributed by atoms with Gasteiger partial charge in [-0.2, -0.15) is 5.10 Å². The van der Waals surface area contributed by atoms with Crippen LogP contribution in [0.3, 0.4) is 0 Å². The number of nitrogens with zero attached hydrogens (tertiary/aromatic N) is 5. The second-order valence-corrected chi connectivity index (χ2v) is 7.90. The summed E-state index contributed by atoms with van der Waals surface area (Å²) in [6, 6.07) is 8.96. The van der Waals surface area contributed by atoms with E-state index in [1.54, 1.807) is 24.3 Å². The molecule has 0 aliphatic carbocycles. The maximum Gasteiger partial charge on any atom is 0.330 e. The molecule has 12 nitrogen and oxygen atoms in total. The van der Waals surface area contributed by atoms with Crippen molar-refractivity contribution < 1.29 is 9.72 Å². The lowest BCUT2D eigenvalue weighted by molar-refractivity contribution is -0.386. The molecule has 34 heavy (non-hydrogen) atoms. The minimum atomic E-state index is -0.793. The van der Waals surface area contributed by atoms with E-state index in [2.05, 4.69) is 10.1 Å². The molecule has 3 aromatic rings. The number of nitrogens with one attached hydrogen (secondary N) is 1. The van der Waals surface area contributed by atoms with E-state index in [0.717, 1.165) is 12.0 Å². The lowest BCUT2D eigenvalue weighted by Crippen LogP contribution is -2.42. The average molecular weight is 470 g/mol. The number of hydrogen-bond donors (Lipinski definition) is 2. The van der Waals surface area contributed by atoms with Gasteiger partial charge in [-0.25, -0.2) is 4.79 Å². The van der Waals surface area contributed by atoms with Crippen molar-refractivity contribution in [3.05, 3.63) is 78.2 Å². The zero-order valence-electron chi connectivity index (χ0n) is 19.3. The van der Waals surface area contributed by atoms with Crippen LogP contribution in [0, 0.1) is 24.0 Å². The number of carbonyl (C=O) groups is 1. The van der Waals surface area contributed by atoms with Gasteiger partial charge in [-0.05, 0) is 25.8 Å². The Balaban J connectivity index is 2.09. The number of aromatic amines is 1. The Morgan fingerprint density at radius 2 is 1.91 bits per heavy atom. The molecule has 0 fully saturated rings. The maximum absolute atomic E-state index is 13.5. The van der Waals surface area contributed by atoms with Gasteiger partial charge in [0.2, 0.25) is 5.91 Å². The number of H-pyrrole nitrogens is 1. The van der Waals surface area contributed by atoms with E-state index in [1.807, 2.05) is 13.0 Å². The largest absolute Gasteiger partial charge is 0.383 e. The molecular weight excluding hydrogens is 442 g/mol. The first-order chi connectivity index (χ1) is 16.1. The summed E-state index contributed by atoms with van der Waals surface area (Å²) < 4.78 is 2.46. The van der Waals surface area contributed by atoms with Gasteiger partial charge in [0, 0.05) is 6.54 Å². The number of nitro groups is 1. The number of carbonyl (C=O) groups excluding carboxylic acids is 1. The molecule has 0 saturated heterocycles. The molecule has 0 spiro atoms. The number of benzene rings is 1. The zero-order valence-corrected chi connectivity index (χ0v) is 19.3. The predicted octanol–water partition coefficient (Wildman–Crippen LogP) is 1.87. The van der Waals surface area contributed by atoms with Crippen molar-refractivity contribution in [3.63, 3.8) is 0 Å². The molecule has 0 aliphatic heterocycles. The number of aryl methyl sites for hydroxylation is 1. The number of nitrogens with two attached hydrogens (primary N) is 1. The molecule has 0 unspecified atom stereocenters. The first-order valence-corrected chi connectivity index (χ1v) is 10.8. The van der Waals surface area contributed by atoms with Gasteiger partial charge >= 0.3 is 11.4 Å². The van der Waals surface area contributed by atoms with Gasteiger partial charge in [0.25, 0.3) is 5.56 Å². The number of nitrogen functional groups attached to an aromatic ring is 1. The number of rotatable bonds is 9. The van der Waals surface area contributed by atoms with Crippen LogP contribution in [0.1, 0.15) is 36.7 Å². The van der Waals surface area contributed by atoms with E-state index in [0.29, 0.717) is 6.42 Å². The third kappa shape index (κ3) is 4.90. The topological polar surface area (TPSA) is 162 Å². The third-order valence-corrected chi connectivity index (χ3v) is 5.51. The van der Waals surface area contributed by atoms with Crippen LogP contribution in [0.15, 0.2) is 39.9 Å². The monoisotopic (exact) mass is 469 g/mol. The quantitative estimate of drug-likeness (QED) is 0.357. The first kappa shape index (κ1) is 24.4. The van der Waals surface area contributed by atoms with Crippen molar-refractivity contribution in [3.8, 4) is 0 Å². The minimum absolute atomic E-state index is 0.000324. The Hall–Kier alpha value is -4.22. The number of anilines is 2. The van der Waals surface area contributed by atoms with Crippen molar-refractivity contribution in [1.29, 1.82) is 0 Å². The highest BCUT2D eigenvalue weighted by Gasteiger charge is 2.28. The Kier molecular flexibility index (Phi) is 7.29. The fraction of sp³-hybridized carbons (Fsp3) is 0.364. The molecule has 1 amide bonds. The van der Waals surface area contributed by atoms with E-state index in [-0.39, 0.29) is 48.2 Å². The molecule has 0 aliphatic rings. The summed E-state index contributed by atoms with van der Waals surface area (Å²) in [7, 11) is 0. The third-order valence-electron chi connectivity index (χ3n) is 5.51. The highest BCUT2D eigenvalue weighted by molar-refractivity contribution is 5.95. The Labute approximate surface area is 194 Å². The number of aromatic nitrogens is 4. The molecule has 3 N–H and O–H groups in total. The molecule has 0 saturated carbocycles. The summed E-state index contributed by atoms with van der Waals surface area (Å²) in [5, 5.41) is 15.5. The lowest BCUT2D eigenvalue weighted by Gasteiger charge is -2.25. The van der Waals surface area contributed by atoms with Gasteiger partial charge in [-0.3, -0.25) is 38.8 Å². The fourth-order valence-corrected chi connectivity index (χ4v) is 3.75. The predicted molar refractivity (Wildman–Crippen MR) is 127 cm³/mol. The molecule has 2 heterocycles. The molecule has 12 heteroatoms. The number of unbranched alkanes of at least 4 members (excludes halogenated alkanes) is 1. The molecule has 1 aromatic carbocycles. The van der Waals surface area contributed by atoms with Gasteiger partial charge in [-0.15, -0.1) is 0 Å². The standard InChI is InChI=1S/C22H27N7O5/c1-4-5-11-26-20(23)19(21(31)24-22(26)32)27(12-16-9-7-6-8-10-16)17(30)13-28-15(3)18(29(33)34)14(2)25-28/h6-10H,4-5,11-13,23H2,1-3H3,(H,24,31,32). The fourth-order valence-electron chi connectivity index (χ4n) is 3.75. The number of hydrogen-bond acceptors (Lipinski definition) is 7.